The van der Waals surface area contributed by atoms with Crippen LogP contribution >= 0.6 is 0 Å². The molecule has 0 saturated carbocycles. The molecule has 2 saturated heterocycles. The van der Waals surface area contributed by atoms with Gasteiger partial charge in [0, 0.05) is 49.4 Å². The third kappa shape index (κ3) is 4.48. The van der Waals surface area contributed by atoms with Gasteiger partial charge in [-0.1, -0.05) is 42.3 Å². The zero-order valence-corrected chi connectivity index (χ0v) is 22.7. The number of carbonyl (C=O) groups is 1. The first kappa shape index (κ1) is 25.6. The number of piperidine rings is 1. The van der Waals surface area contributed by atoms with Crippen LogP contribution in [-0.2, 0) is 13.1 Å². The number of carbonyl (C=O) groups excluding carboxylic acids is 1. The van der Waals surface area contributed by atoms with Crippen LogP contribution in [0.15, 0.2) is 42.1 Å². The SMILES string of the molecule is COc1cc2c(c(OC)c1)[C@H](C)C=C1N(C2)C(=O)N(CCO)C12CCN(Cc1cc(C)cc(C)c1)CC2. The van der Waals surface area contributed by atoms with E-state index >= 15 is 0 Å². The van der Waals surface area contributed by atoms with Crippen molar-refractivity contribution in [3.63, 3.8) is 0 Å². The lowest BCUT2D eigenvalue weighted by molar-refractivity contribution is 0.0746. The van der Waals surface area contributed by atoms with Gasteiger partial charge in [0.25, 0.3) is 0 Å². The smallest absolute Gasteiger partial charge is 0.325 e. The summed E-state index contributed by atoms with van der Waals surface area (Å²) in [5, 5.41) is 9.92. The van der Waals surface area contributed by atoms with E-state index in [4.69, 9.17) is 9.47 Å². The first-order valence-corrected chi connectivity index (χ1v) is 13.3. The van der Waals surface area contributed by atoms with Crippen LogP contribution in [-0.4, -0.2) is 71.8 Å². The van der Waals surface area contributed by atoms with Gasteiger partial charge in [0.15, 0.2) is 0 Å². The predicted octanol–water partition coefficient (Wildman–Crippen LogP) is 4.59. The topological polar surface area (TPSA) is 65.5 Å². The van der Waals surface area contributed by atoms with Crippen LogP contribution in [0.5, 0.6) is 11.5 Å². The molecular weight excluding hydrogens is 466 g/mol. The highest BCUT2D eigenvalue weighted by Gasteiger charge is 2.55. The maximum atomic E-state index is 13.9. The van der Waals surface area contributed by atoms with Gasteiger partial charge in [-0.2, -0.15) is 0 Å². The van der Waals surface area contributed by atoms with Crippen molar-refractivity contribution in [3.05, 3.63) is 69.9 Å². The van der Waals surface area contributed by atoms with Crippen LogP contribution in [0.25, 0.3) is 0 Å². The number of hydrogen-bond acceptors (Lipinski definition) is 5. The average molecular weight is 506 g/mol. The number of benzene rings is 2. The van der Waals surface area contributed by atoms with Crippen LogP contribution in [0.3, 0.4) is 0 Å². The number of nitrogens with zero attached hydrogens (tertiary/aromatic N) is 3. The average Bonchev–Trinajstić information content (AvgIpc) is 2.97. The first-order valence-electron chi connectivity index (χ1n) is 13.3. The minimum atomic E-state index is -0.410. The Hall–Kier alpha value is -3.03. The van der Waals surface area contributed by atoms with Crippen molar-refractivity contribution in [2.75, 3.05) is 40.5 Å². The second-order valence-corrected chi connectivity index (χ2v) is 10.8. The quantitative estimate of drug-likeness (QED) is 0.622. The maximum Gasteiger partial charge on any atom is 0.325 e. The number of allylic oxidation sites excluding steroid dienone is 1. The number of amides is 2. The van der Waals surface area contributed by atoms with E-state index < -0.39 is 5.54 Å². The zero-order chi connectivity index (χ0) is 26.3. The number of rotatable bonds is 6. The van der Waals surface area contributed by atoms with Crippen molar-refractivity contribution in [1.29, 1.82) is 0 Å². The van der Waals surface area contributed by atoms with Gasteiger partial charge in [0.2, 0.25) is 0 Å². The van der Waals surface area contributed by atoms with Crippen LogP contribution in [0.1, 0.15) is 53.5 Å². The fraction of sp³-hybridized carbons (Fsp3) is 0.500. The van der Waals surface area contributed by atoms with Crippen LogP contribution in [0.4, 0.5) is 4.79 Å². The summed E-state index contributed by atoms with van der Waals surface area (Å²) in [7, 11) is 3.33. The summed E-state index contributed by atoms with van der Waals surface area (Å²) >= 11 is 0. The summed E-state index contributed by atoms with van der Waals surface area (Å²) < 4.78 is 11.3. The minimum Gasteiger partial charge on any atom is -0.497 e. The highest BCUT2D eigenvalue weighted by atomic mass is 16.5. The Morgan fingerprint density at radius 2 is 1.73 bits per heavy atom. The van der Waals surface area contributed by atoms with Crippen molar-refractivity contribution < 1.29 is 19.4 Å². The van der Waals surface area contributed by atoms with E-state index in [0.717, 1.165) is 60.8 Å². The number of aryl methyl sites for hydroxylation is 2. The molecule has 37 heavy (non-hydrogen) atoms. The number of β-amino-alcohol motifs (C(OH)–C–C–N with tert-alkyl or cyclic N) is 1. The Morgan fingerprint density at radius 1 is 1.03 bits per heavy atom. The molecule has 2 amide bonds. The van der Waals surface area contributed by atoms with Crippen molar-refractivity contribution in [1.82, 2.24) is 14.7 Å². The fourth-order valence-electron chi connectivity index (χ4n) is 6.74. The lowest BCUT2D eigenvalue weighted by Crippen LogP contribution is -2.54. The molecule has 1 spiro atoms. The molecule has 0 bridgehead atoms. The molecule has 2 aromatic carbocycles. The lowest BCUT2D eigenvalue weighted by Gasteiger charge is -2.44. The Labute approximate surface area is 220 Å². The molecule has 2 fully saturated rings. The van der Waals surface area contributed by atoms with E-state index in [1.165, 1.54) is 16.7 Å². The maximum absolute atomic E-state index is 13.9. The zero-order valence-electron chi connectivity index (χ0n) is 22.7. The van der Waals surface area contributed by atoms with Gasteiger partial charge in [0.05, 0.1) is 32.9 Å². The Balaban J connectivity index is 1.47. The van der Waals surface area contributed by atoms with Gasteiger partial charge >= 0.3 is 6.03 Å². The summed E-state index contributed by atoms with van der Waals surface area (Å²) in [5.74, 6) is 1.58. The van der Waals surface area contributed by atoms with Crippen LogP contribution in [0, 0.1) is 13.8 Å². The molecule has 5 rings (SSSR count). The molecule has 0 radical (unpaired) electrons. The minimum absolute atomic E-state index is 0.0232. The van der Waals surface area contributed by atoms with Crippen molar-refractivity contribution in [2.24, 2.45) is 0 Å². The Morgan fingerprint density at radius 3 is 2.35 bits per heavy atom. The van der Waals surface area contributed by atoms with Gasteiger partial charge < -0.3 is 19.5 Å². The third-order valence-corrected chi connectivity index (χ3v) is 8.29. The van der Waals surface area contributed by atoms with Gasteiger partial charge in [-0.3, -0.25) is 9.80 Å². The molecular formula is C30H39N3O4. The van der Waals surface area contributed by atoms with E-state index in [1.807, 2.05) is 21.9 Å². The molecule has 0 aliphatic carbocycles. The van der Waals surface area contributed by atoms with Crippen molar-refractivity contribution in [2.45, 2.75) is 58.2 Å². The summed E-state index contributed by atoms with van der Waals surface area (Å²) in [5.41, 5.74) is 6.72. The fourth-order valence-corrected chi connectivity index (χ4v) is 6.74. The largest absolute Gasteiger partial charge is 0.497 e. The lowest BCUT2D eigenvalue weighted by atomic mass is 9.82. The van der Waals surface area contributed by atoms with Gasteiger partial charge in [0.1, 0.15) is 11.5 Å². The number of hydrogen-bond donors (Lipinski definition) is 1. The number of aliphatic hydroxyl groups excluding tert-OH is 1. The van der Waals surface area contributed by atoms with Crippen LogP contribution in [0.2, 0.25) is 0 Å². The summed E-state index contributed by atoms with van der Waals surface area (Å²) in [6.07, 6.45) is 3.94. The van der Waals surface area contributed by atoms with E-state index in [2.05, 4.69) is 49.9 Å². The van der Waals surface area contributed by atoms with Crippen LogP contribution < -0.4 is 9.47 Å². The van der Waals surface area contributed by atoms with Crippen molar-refractivity contribution in [3.8, 4) is 11.5 Å². The number of ether oxygens (including phenoxy) is 2. The van der Waals surface area contributed by atoms with E-state index in [-0.39, 0.29) is 18.6 Å². The molecule has 2 aromatic rings. The van der Waals surface area contributed by atoms with Gasteiger partial charge in [-0.25, -0.2) is 4.79 Å². The third-order valence-electron chi connectivity index (χ3n) is 8.29. The Bertz CT molecular complexity index is 1200. The van der Waals surface area contributed by atoms with E-state index in [1.54, 1.807) is 14.2 Å². The van der Waals surface area contributed by atoms with Crippen molar-refractivity contribution >= 4 is 6.03 Å². The van der Waals surface area contributed by atoms with Gasteiger partial charge in [-0.15, -0.1) is 0 Å². The monoisotopic (exact) mass is 505 g/mol. The number of fused-ring (bicyclic) bond motifs is 3. The number of aliphatic hydroxyl groups is 1. The molecule has 0 aromatic heterocycles. The Kier molecular flexibility index (Phi) is 6.94. The molecule has 7 heteroatoms. The molecule has 0 unspecified atom stereocenters. The second-order valence-electron chi connectivity index (χ2n) is 10.8. The van der Waals surface area contributed by atoms with Gasteiger partial charge in [-0.05, 0) is 43.9 Å². The first-order chi connectivity index (χ1) is 17.8. The molecule has 1 N–H and O–H groups in total. The summed E-state index contributed by atoms with van der Waals surface area (Å²) in [6, 6.07) is 10.7. The van der Waals surface area contributed by atoms with E-state index in [9.17, 15) is 9.90 Å². The number of methoxy groups -OCH3 is 2. The second kappa shape index (κ2) is 10.0. The molecule has 198 valence electrons. The molecule has 7 nitrogen and oxygen atoms in total. The standard InChI is InChI=1S/C30H39N3O4/c1-20-12-21(2)14-23(13-20)18-31-8-6-30(7-9-31)27-15-22(3)28-24(16-25(36-4)17-26(28)37-5)19-32(27)29(35)33(30)10-11-34/h12-17,22,34H,6-11,18-19H2,1-5H3/t22-/m1/s1. The predicted molar refractivity (Wildman–Crippen MR) is 144 cm³/mol. The number of urea groups is 1. The summed E-state index contributed by atoms with van der Waals surface area (Å²) in [6.45, 7) is 9.93. The highest BCUT2D eigenvalue weighted by Crippen LogP contribution is 2.49. The van der Waals surface area contributed by atoms with E-state index in [0.29, 0.717) is 13.1 Å². The molecule has 1 atom stereocenters. The number of likely N-dealkylation sites (tertiary alicyclic amines) is 1. The molecule has 3 aliphatic heterocycles. The molecule has 3 heterocycles. The summed E-state index contributed by atoms with van der Waals surface area (Å²) in [4.78, 5) is 20.2. The molecule has 3 aliphatic rings. The normalized spacial score (nSPS) is 21.0. The highest BCUT2D eigenvalue weighted by molar-refractivity contribution is 5.83.